The van der Waals surface area contributed by atoms with Crippen LogP contribution < -0.4 is 4.74 Å². The van der Waals surface area contributed by atoms with Gasteiger partial charge in [-0.25, -0.2) is 0 Å². The monoisotopic (exact) mass is 297 g/mol. The van der Waals surface area contributed by atoms with Crippen molar-refractivity contribution in [3.63, 3.8) is 0 Å². The minimum Gasteiger partial charge on any atom is -0.493 e. The lowest BCUT2D eigenvalue weighted by Crippen LogP contribution is -2.29. The van der Waals surface area contributed by atoms with Crippen LogP contribution in [0.25, 0.3) is 0 Å². The third-order valence-electron chi connectivity index (χ3n) is 3.45. The van der Waals surface area contributed by atoms with Gasteiger partial charge in [0.2, 0.25) is 0 Å². The molecule has 4 nitrogen and oxygen atoms in total. The Balaban J connectivity index is 2.05. The fourth-order valence-electron chi connectivity index (χ4n) is 2.56. The number of methoxy groups -OCH3 is 1. The third-order valence-corrected chi connectivity index (χ3v) is 3.67. The van der Waals surface area contributed by atoms with E-state index < -0.39 is 0 Å². The van der Waals surface area contributed by atoms with E-state index in [9.17, 15) is 4.79 Å². The second-order valence-electron chi connectivity index (χ2n) is 5.27. The number of benzene rings is 1. The molecule has 1 aliphatic heterocycles. The first-order valence-electron chi connectivity index (χ1n) is 6.71. The van der Waals surface area contributed by atoms with Gasteiger partial charge < -0.3 is 14.4 Å². The fraction of sp³-hybridized carbons (Fsp3) is 0.533. The molecule has 1 heterocycles. The minimum absolute atomic E-state index is 0.154. The molecule has 0 saturated carbocycles. The van der Waals surface area contributed by atoms with Crippen LogP contribution in [0.3, 0.4) is 0 Å². The molecule has 0 bridgehead atoms. The summed E-state index contributed by atoms with van der Waals surface area (Å²) in [5.41, 5.74) is 2.24. The molecule has 1 unspecified atom stereocenters. The zero-order valence-corrected chi connectivity index (χ0v) is 12.9. The normalized spacial score (nSPS) is 14.8. The van der Waals surface area contributed by atoms with Gasteiger partial charge in [0.05, 0.1) is 19.6 Å². The van der Waals surface area contributed by atoms with Gasteiger partial charge in [-0.3, -0.25) is 4.79 Å². The summed E-state index contributed by atoms with van der Waals surface area (Å²) in [5.74, 6) is 0.606. The number of carbonyl (C=O) groups is 1. The van der Waals surface area contributed by atoms with Gasteiger partial charge in [-0.1, -0.05) is 18.5 Å². The smallest absolute Gasteiger partial charge is 0.309 e. The fourth-order valence-corrected chi connectivity index (χ4v) is 2.83. The van der Waals surface area contributed by atoms with Crippen LogP contribution in [-0.2, 0) is 22.5 Å². The highest BCUT2D eigenvalue weighted by molar-refractivity contribution is 6.30. The van der Waals surface area contributed by atoms with Crippen LogP contribution in [0.2, 0.25) is 5.02 Å². The first kappa shape index (κ1) is 15.1. The Bertz CT molecular complexity index is 504. The molecular formula is C15H20ClNO3. The van der Waals surface area contributed by atoms with Crippen LogP contribution in [0.1, 0.15) is 18.1 Å². The van der Waals surface area contributed by atoms with Crippen molar-refractivity contribution in [1.82, 2.24) is 4.90 Å². The molecule has 0 amide bonds. The van der Waals surface area contributed by atoms with Gasteiger partial charge in [0.15, 0.2) is 0 Å². The minimum atomic E-state index is -0.190. The highest BCUT2D eigenvalue weighted by atomic mass is 35.5. The van der Waals surface area contributed by atoms with Crippen molar-refractivity contribution in [2.45, 2.75) is 19.9 Å². The van der Waals surface area contributed by atoms with Crippen molar-refractivity contribution in [3.05, 3.63) is 28.3 Å². The Morgan fingerprint density at radius 3 is 3.00 bits per heavy atom. The van der Waals surface area contributed by atoms with Crippen molar-refractivity contribution < 1.29 is 14.3 Å². The number of ether oxygens (including phenoxy) is 2. The molecule has 1 aliphatic rings. The average molecular weight is 298 g/mol. The standard InChI is InChI=1S/C15H20ClNO3/c1-10(15(18)19-3)8-17(2)9-12-7-13(16)6-11-4-5-20-14(11)12/h6-7,10H,4-5,8-9H2,1-3H3. The molecule has 0 radical (unpaired) electrons. The number of esters is 1. The van der Waals surface area contributed by atoms with Crippen LogP contribution in [0.5, 0.6) is 5.75 Å². The molecule has 0 aromatic heterocycles. The Hall–Kier alpha value is -1.26. The number of carbonyl (C=O) groups excluding carboxylic acids is 1. The van der Waals surface area contributed by atoms with Crippen LogP contribution in [0.15, 0.2) is 12.1 Å². The van der Waals surface area contributed by atoms with Gasteiger partial charge in [-0.2, -0.15) is 0 Å². The molecule has 0 fully saturated rings. The summed E-state index contributed by atoms with van der Waals surface area (Å²) in [6.07, 6.45) is 0.908. The lowest BCUT2D eigenvalue weighted by Gasteiger charge is -2.21. The van der Waals surface area contributed by atoms with Crippen LogP contribution in [0.4, 0.5) is 0 Å². The molecule has 0 saturated heterocycles. The average Bonchev–Trinajstić information content (AvgIpc) is 2.85. The summed E-state index contributed by atoms with van der Waals surface area (Å²) in [6.45, 7) is 3.91. The largest absolute Gasteiger partial charge is 0.493 e. The van der Waals surface area contributed by atoms with Gasteiger partial charge in [0.25, 0.3) is 0 Å². The van der Waals surface area contributed by atoms with Crippen LogP contribution in [0, 0.1) is 5.92 Å². The van der Waals surface area contributed by atoms with Crippen LogP contribution in [-0.4, -0.2) is 38.2 Å². The summed E-state index contributed by atoms with van der Waals surface area (Å²) in [4.78, 5) is 13.5. The second-order valence-corrected chi connectivity index (χ2v) is 5.71. The first-order valence-corrected chi connectivity index (χ1v) is 7.09. The van der Waals surface area contributed by atoms with E-state index in [1.165, 1.54) is 12.7 Å². The SMILES string of the molecule is COC(=O)C(C)CN(C)Cc1cc(Cl)cc2c1OCC2. The van der Waals surface area contributed by atoms with E-state index in [0.717, 1.165) is 22.8 Å². The number of rotatable bonds is 5. The number of hydrogen-bond acceptors (Lipinski definition) is 4. The highest BCUT2D eigenvalue weighted by Gasteiger charge is 2.20. The van der Waals surface area contributed by atoms with Crippen molar-refractivity contribution in [2.24, 2.45) is 5.92 Å². The first-order chi connectivity index (χ1) is 9.51. The molecule has 1 atom stereocenters. The van der Waals surface area contributed by atoms with Crippen molar-refractivity contribution in [2.75, 3.05) is 27.3 Å². The number of halogens is 1. The maximum atomic E-state index is 11.4. The summed E-state index contributed by atoms with van der Waals surface area (Å²) >= 11 is 6.14. The quantitative estimate of drug-likeness (QED) is 0.783. The van der Waals surface area contributed by atoms with Crippen molar-refractivity contribution in [1.29, 1.82) is 0 Å². The lowest BCUT2D eigenvalue weighted by molar-refractivity contribution is -0.145. The Morgan fingerprint density at radius 1 is 1.55 bits per heavy atom. The van der Waals surface area contributed by atoms with E-state index in [1.54, 1.807) is 0 Å². The number of fused-ring (bicyclic) bond motifs is 1. The molecule has 1 aromatic rings. The molecule has 0 aliphatic carbocycles. The van der Waals surface area contributed by atoms with E-state index in [1.807, 2.05) is 26.1 Å². The number of nitrogens with zero attached hydrogens (tertiary/aromatic N) is 1. The summed E-state index contributed by atoms with van der Waals surface area (Å²) in [5, 5.41) is 0.735. The van der Waals surface area contributed by atoms with E-state index in [0.29, 0.717) is 19.7 Å². The highest BCUT2D eigenvalue weighted by Crippen LogP contribution is 2.33. The topological polar surface area (TPSA) is 38.8 Å². The van der Waals surface area contributed by atoms with E-state index in [-0.39, 0.29) is 11.9 Å². The third kappa shape index (κ3) is 3.44. The molecule has 5 heteroatoms. The maximum Gasteiger partial charge on any atom is 0.309 e. The summed E-state index contributed by atoms with van der Waals surface area (Å²) in [7, 11) is 3.39. The predicted molar refractivity (Wildman–Crippen MR) is 78.2 cm³/mol. The van der Waals surface area contributed by atoms with Crippen molar-refractivity contribution >= 4 is 17.6 Å². The van der Waals surface area contributed by atoms with Gasteiger partial charge in [0.1, 0.15) is 5.75 Å². The Labute approximate surface area is 124 Å². The van der Waals surface area contributed by atoms with Gasteiger partial charge in [-0.05, 0) is 24.7 Å². The van der Waals surface area contributed by atoms with E-state index in [4.69, 9.17) is 21.1 Å². The van der Waals surface area contributed by atoms with Crippen molar-refractivity contribution in [3.8, 4) is 5.75 Å². The van der Waals surface area contributed by atoms with Crippen LogP contribution >= 0.6 is 11.6 Å². The second kappa shape index (κ2) is 6.46. The molecular weight excluding hydrogens is 278 g/mol. The summed E-state index contributed by atoms with van der Waals surface area (Å²) in [6, 6.07) is 3.90. The Kier molecular flexibility index (Phi) is 4.89. The molecule has 0 spiro atoms. The zero-order valence-electron chi connectivity index (χ0n) is 12.1. The predicted octanol–water partition coefficient (Wildman–Crippen LogP) is 2.52. The molecule has 1 aromatic carbocycles. The van der Waals surface area contributed by atoms with E-state index in [2.05, 4.69) is 4.90 Å². The zero-order chi connectivity index (χ0) is 14.7. The Morgan fingerprint density at radius 2 is 2.30 bits per heavy atom. The summed E-state index contributed by atoms with van der Waals surface area (Å²) < 4.78 is 10.4. The van der Waals surface area contributed by atoms with Gasteiger partial charge in [-0.15, -0.1) is 0 Å². The molecule has 0 N–H and O–H groups in total. The van der Waals surface area contributed by atoms with E-state index >= 15 is 0 Å². The number of hydrogen-bond donors (Lipinski definition) is 0. The molecule has 20 heavy (non-hydrogen) atoms. The van der Waals surface area contributed by atoms with Gasteiger partial charge in [0, 0.05) is 30.1 Å². The maximum absolute atomic E-state index is 11.4. The van der Waals surface area contributed by atoms with Gasteiger partial charge >= 0.3 is 5.97 Å². The molecule has 110 valence electrons. The lowest BCUT2D eigenvalue weighted by atomic mass is 10.1. The molecule has 2 rings (SSSR count).